The van der Waals surface area contributed by atoms with Gasteiger partial charge in [-0.1, -0.05) is 62.2 Å². The molecule has 0 atom stereocenters. The second-order valence-electron chi connectivity index (χ2n) is 8.47. The maximum absolute atomic E-state index is 12.7. The predicted octanol–water partition coefficient (Wildman–Crippen LogP) is 4.86. The molecule has 4 rings (SSSR count). The van der Waals surface area contributed by atoms with Crippen LogP contribution >= 0.6 is 0 Å². The summed E-state index contributed by atoms with van der Waals surface area (Å²) in [6.45, 7) is 7.39. The summed E-state index contributed by atoms with van der Waals surface area (Å²) in [6, 6.07) is 10.0. The van der Waals surface area contributed by atoms with Crippen molar-refractivity contribution in [1.82, 2.24) is 20.0 Å². The Hall–Kier alpha value is -2.96. The van der Waals surface area contributed by atoms with E-state index in [1.54, 1.807) is 0 Å². The monoisotopic (exact) mass is 435 g/mol. The van der Waals surface area contributed by atoms with Crippen LogP contribution < -0.4 is 4.90 Å². The maximum Gasteiger partial charge on any atom is 0.263 e. The molecule has 1 aromatic carbocycles. The third-order valence-corrected chi connectivity index (χ3v) is 6.03. The van der Waals surface area contributed by atoms with Gasteiger partial charge in [0.2, 0.25) is 5.91 Å². The van der Waals surface area contributed by atoms with Crippen LogP contribution in [-0.4, -0.2) is 52.1 Å². The van der Waals surface area contributed by atoms with Crippen LogP contribution in [0.1, 0.15) is 58.2 Å². The van der Waals surface area contributed by atoms with Crippen molar-refractivity contribution in [2.75, 3.05) is 31.1 Å². The number of carbonyl (C=O) groups is 1. The van der Waals surface area contributed by atoms with Crippen LogP contribution in [-0.2, 0) is 11.2 Å². The number of hydrogen-bond acceptors (Lipinski definition) is 6. The number of nitrogens with zero attached hydrogens (tertiary/aromatic N) is 5. The van der Waals surface area contributed by atoms with Gasteiger partial charge in [-0.15, -0.1) is 0 Å². The van der Waals surface area contributed by atoms with Gasteiger partial charge < -0.3 is 14.3 Å². The van der Waals surface area contributed by atoms with Gasteiger partial charge in [0.05, 0.1) is 0 Å². The van der Waals surface area contributed by atoms with E-state index < -0.39 is 0 Å². The molecule has 1 fully saturated rings. The molecule has 1 aliphatic rings. The van der Waals surface area contributed by atoms with Gasteiger partial charge in [-0.05, 0) is 19.3 Å². The van der Waals surface area contributed by atoms with Gasteiger partial charge in [-0.2, -0.15) is 4.98 Å². The van der Waals surface area contributed by atoms with Crippen LogP contribution in [0.3, 0.4) is 0 Å². The van der Waals surface area contributed by atoms with Crippen molar-refractivity contribution in [2.45, 2.75) is 58.8 Å². The molecule has 0 unspecified atom stereocenters. The van der Waals surface area contributed by atoms with Crippen molar-refractivity contribution in [3.8, 4) is 11.3 Å². The Kier molecular flexibility index (Phi) is 7.35. The molecule has 170 valence electrons. The Balaban J connectivity index is 1.63. The molecule has 3 heterocycles. The summed E-state index contributed by atoms with van der Waals surface area (Å²) >= 11 is 0. The second kappa shape index (κ2) is 10.6. The number of unbranched alkanes of at least 4 members (excludes halogenated alkanes) is 2. The number of fused-ring (bicyclic) bond motifs is 1. The zero-order chi connectivity index (χ0) is 22.3. The number of benzene rings is 1. The topological polar surface area (TPSA) is 75.4 Å². The first-order valence-electron chi connectivity index (χ1n) is 12.0. The Morgan fingerprint density at radius 2 is 1.84 bits per heavy atom. The van der Waals surface area contributed by atoms with Crippen LogP contribution in [0.4, 0.5) is 5.82 Å². The molecule has 0 saturated carbocycles. The number of amides is 1. The molecular formula is C25H33N5O2. The minimum atomic E-state index is 0.273. The lowest BCUT2D eigenvalue weighted by Crippen LogP contribution is -2.35. The first-order valence-corrected chi connectivity index (χ1v) is 12.0. The number of anilines is 1. The molecular weight excluding hydrogens is 402 g/mol. The molecule has 0 N–H and O–H groups in total. The van der Waals surface area contributed by atoms with E-state index in [1.807, 2.05) is 35.2 Å². The van der Waals surface area contributed by atoms with Crippen LogP contribution in [0, 0.1) is 0 Å². The van der Waals surface area contributed by atoms with Crippen molar-refractivity contribution in [2.24, 2.45) is 0 Å². The molecule has 1 saturated heterocycles. The van der Waals surface area contributed by atoms with E-state index in [4.69, 9.17) is 9.51 Å². The Morgan fingerprint density at radius 1 is 1.00 bits per heavy atom. The van der Waals surface area contributed by atoms with Crippen molar-refractivity contribution in [3.05, 3.63) is 36.2 Å². The van der Waals surface area contributed by atoms with Gasteiger partial charge in [0.1, 0.15) is 22.7 Å². The first kappa shape index (κ1) is 22.2. The highest BCUT2D eigenvalue weighted by atomic mass is 16.5. The molecule has 0 bridgehead atoms. The van der Waals surface area contributed by atoms with Crippen LogP contribution in [0.5, 0.6) is 0 Å². The summed E-state index contributed by atoms with van der Waals surface area (Å²) in [6.07, 6.45) is 6.54. The summed E-state index contributed by atoms with van der Waals surface area (Å²) in [4.78, 5) is 26.6. The Bertz CT molecular complexity index is 1030. The third-order valence-electron chi connectivity index (χ3n) is 6.03. The molecule has 7 nitrogen and oxygen atoms in total. The van der Waals surface area contributed by atoms with Crippen LogP contribution in [0.2, 0.25) is 0 Å². The fraction of sp³-hybridized carbons (Fsp3) is 0.520. The van der Waals surface area contributed by atoms with Crippen molar-refractivity contribution < 1.29 is 9.32 Å². The van der Waals surface area contributed by atoms with E-state index >= 15 is 0 Å². The average molecular weight is 436 g/mol. The number of rotatable bonds is 8. The summed E-state index contributed by atoms with van der Waals surface area (Å²) < 4.78 is 5.68. The van der Waals surface area contributed by atoms with E-state index in [9.17, 15) is 4.79 Å². The molecule has 2 aromatic heterocycles. The van der Waals surface area contributed by atoms with E-state index in [-0.39, 0.29) is 5.91 Å². The van der Waals surface area contributed by atoms with E-state index in [2.05, 4.69) is 28.9 Å². The van der Waals surface area contributed by atoms with Gasteiger partial charge in [-0.25, -0.2) is 4.98 Å². The smallest absolute Gasteiger partial charge is 0.263 e. The molecule has 3 aromatic rings. The van der Waals surface area contributed by atoms with Gasteiger partial charge in [0.15, 0.2) is 0 Å². The van der Waals surface area contributed by atoms with Gasteiger partial charge >= 0.3 is 0 Å². The standard InChI is InChI=1S/C25H33N5O2/c1-3-5-7-14-21(31)29-15-10-16-30(18-17-29)24-22-23(19-12-8-6-9-13-19)28-32-25(22)27-20(26-24)11-4-2/h6,8-9,12-13H,3-5,7,10-11,14-18H2,1-2H3. The highest BCUT2D eigenvalue weighted by Gasteiger charge is 2.25. The van der Waals surface area contributed by atoms with Crippen molar-refractivity contribution >= 4 is 22.8 Å². The van der Waals surface area contributed by atoms with Crippen LogP contribution in [0.15, 0.2) is 34.9 Å². The summed E-state index contributed by atoms with van der Waals surface area (Å²) in [5.41, 5.74) is 2.30. The molecule has 7 heteroatoms. The fourth-order valence-corrected chi connectivity index (χ4v) is 4.30. The number of aryl methyl sites for hydroxylation is 1. The molecule has 1 amide bonds. The fourth-order valence-electron chi connectivity index (χ4n) is 4.30. The summed E-state index contributed by atoms with van der Waals surface area (Å²) in [7, 11) is 0. The number of aromatic nitrogens is 3. The zero-order valence-electron chi connectivity index (χ0n) is 19.2. The molecule has 0 radical (unpaired) electrons. The van der Waals surface area contributed by atoms with E-state index in [0.29, 0.717) is 18.7 Å². The summed E-state index contributed by atoms with van der Waals surface area (Å²) in [5, 5.41) is 5.22. The van der Waals surface area contributed by atoms with Gasteiger partial charge in [-0.3, -0.25) is 4.79 Å². The van der Waals surface area contributed by atoms with Crippen molar-refractivity contribution in [3.63, 3.8) is 0 Å². The number of carbonyl (C=O) groups excluding carboxylic acids is 1. The lowest BCUT2D eigenvalue weighted by atomic mass is 10.1. The lowest BCUT2D eigenvalue weighted by molar-refractivity contribution is -0.131. The second-order valence-corrected chi connectivity index (χ2v) is 8.47. The van der Waals surface area contributed by atoms with E-state index in [1.165, 1.54) is 0 Å². The van der Waals surface area contributed by atoms with Gasteiger partial charge in [0.25, 0.3) is 5.71 Å². The quantitative estimate of drug-likeness (QED) is 0.471. The van der Waals surface area contributed by atoms with Crippen molar-refractivity contribution in [1.29, 1.82) is 0 Å². The molecule has 1 aliphatic heterocycles. The number of hydrogen-bond donors (Lipinski definition) is 0. The normalized spacial score (nSPS) is 14.7. The molecule has 32 heavy (non-hydrogen) atoms. The third kappa shape index (κ3) is 4.92. The predicted molar refractivity (Wildman–Crippen MR) is 127 cm³/mol. The lowest BCUT2D eigenvalue weighted by Gasteiger charge is -2.24. The Morgan fingerprint density at radius 3 is 2.62 bits per heavy atom. The van der Waals surface area contributed by atoms with Crippen LogP contribution in [0.25, 0.3) is 22.4 Å². The zero-order valence-corrected chi connectivity index (χ0v) is 19.2. The molecule has 0 aliphatic carbocycles. The SMILES string of the molecule is CCCCCC(=O)N1CCCN(c2nc(CCC)nc3onc(-c4ccccc4)c23)CC1. The highest BCUT2D eigenvalue weighted by Crippen LogP contribution is 2.34. The van der Waals surface area contributed by atoms with Gasteiger partial charge in [0, 0.05) is 44.6 Å². The first-order chi connectivity index (χ1) is 15.7. The Labute approximate surface area is 189 Å². The minimum Gasteiger partial charge on any atom is -0.354 e. The minimum absolute atomic E-state index is 0.273. The van der Waals surface area contributed by atoms with E-state index in [0.717, 1.165) is 86.4 Å². The highest BCUT2D eigenvalue weighted by molar-refractivity contribution is 5.98. The largest absolute Gasteiger partial charge is 0.354 e. The summed E-state index contributed by atoms with van der Waals surface area (Å²) in [5.74, 6) is 1.93. The maximum atomic E-state index is 12.7. The molecule has 0 spiro atoms. The average Bonchev–Trinajstić information content (AvgIpc) is 3.08.